The molecule has 5 heteroatoms. The summed E-state index contributed by atoms with van der Waals surface area (Å²) in [7, 11) is 0. The Morgan fingerprint density at radius 3 is 1.31 bits per heavy atom. The maximum Gasteiger partial charge on any atom is 0.164 e. The zero-order valence-corrected chi connectivity index (χ0v) is 32.1. The Labute approximate surface area is 336 Å². The zero-order valence-electron chi connectivity index (χ0n) is 32.1. The molecule has 3 aromatic heterocycles. The number of benzene rings is 8. The molecule has 0 fully saturated rings. The van der Waals surface area contributed by atoms with Crippen LogP contribution in [0.1, 0.15) is 11.1 Å². The molecule has 0 aliphatic rings. The van der Waals surface area contributed by atoms with Crippen molar-refractivity contribution >= 4 is 43.6 Å². The lowest BCUT2D eigenvalue weighted by Crippen LogP contribution is -2.03. The standard InChI is InChI=1S/C53H37N5/c1-34-25-29-48-43(31-34)40-20-10-13-23-46(40)57(48)45-22-12-9-19-39(45)42-28-27-38(33-50(42)58-47-24-14-11-21-41(47)44-32-35(2)26-30-49(44)58)53-55-51(36-15-5-3-6-16-36)54-52(56-53)37-17-7-4-8-18-37/h3-33H,1-2H3. The number of hydrogen-bond donors (Lipinski definition) is 0. The number of aromatic nitrogens is 5. The van der Waals surface area contributed by atoms with Gasteiger partial charge in [0.15, 0.2) is 17.5 Å². The average Bonchev–Trinajstić information content (AvgIpc) is 3.78. The highest BCUT2D eigenvalue weighted by Crippen LogP contribution is 2.42. The van der Waals surface area contributed by atoms with Gasteiger partial charge in [-0.25, -0.2) is 15.0 Å². The lowest BCUT2D eigenvalue weighted by atomic mass is 9.98. The molecular formula is C53H37N5. The van der Waals surface area contributed by atoms with E-state index in [9.17, 15) is 0 Å². The van der Waals surface area contributed by atoms with Gasteiger partial charge in [0, 0.05) is 49.4 Å². The summed E-state index contributed by atoms with van der Waals surface area (Å²) in [6, 6.07) is 66.8. The second-order valence-electron chi connectivity index (χ2n) is 15.0. The van der Waals surface area contributed by atoms with Gasteiger partial charge in [0.1, 0.15) is 0 Å². The maximum atomic E-state index is 5.16. The summed E-state index contributed by atoms with van der Waals surface area (Å²) in [5, 5.41) is 4.91. The fraction of sp³-hybridized carbons (Fsp3) is 0.0377. The smallest absolute Gasteiger partial charge is 0.164 e. The van der Waals surface area contributed by atoms with Crippen LogP contribution >= 0.6 is 0 Å². The predicted molar refractivity (Wildman–Crippen MR) is 240 cm³/mol. The summed E-state index contributed by atoms with van der Waals surface area (Å²) in [6.45, 7) is 4.33. The minimum Gasteiger partial charge on any atom is -0.309 e. The van der Waals surface area contributed by atoms with Gasteiger partial charge < -0.3 is 9.13 Å². The van der Waals surface area contributed by atoms with Crippen molar-refractivity contribution in [3.63, 3.8) is 0 Å². The second-order valence-corrected chi connectivity index (χ2v) is 15.0. The molecule has 11 rings (SSSR count). The van der Waals surface area contributed by atoms with Crippen molar-refractivity contribution in [1.82, 2.24) is 24.1 Å². The van der Waals surface area contributed by atoms with Gasteiger partial charge in [-0.2, -0.15) is 0 Å². The Balaban J connectivity index is 1.22. The van der Waals surface area contributed by atoms with Gasteiger partial charge in [-0.15, -0.1) is 0 Å². The summed E-state index contributed by atoms with van der Waals surface area (Å²) < 4.78 is 4.85. The van der Waals surface area contributed by atoms with E-state index in [-0.39, 0.29) is 0 Å². The Morgan fingerprint density at radius 1 is 0.310 bits per heavy atom. The first-order valence-electron chi connectivity index (χ1n) is 19.7. The summed E-state index contributed by atoms with van der Waals surface area (Å²) in [4.78, 5) is 15.3. The quantitative estimate of drug-likeness (QED) is 0.170. The Morgan fingerprint density at radius 2 is 0.741 bits per heavy atom. The number of fused-ring (bicyclic) bond motifs is 6. The molecule has 3 heterocycles. The lowest BCUT2D eigenvalue weighted by Gasteiger charge is -2.19. The third-order valence-electron chi connectivity index (χ3n) is 11.3. The van der Waals surface area contributed by atoms with Crippen LogP contribution in [0.3, 0.4) is 0 Å². The van der Waals surface area contributed by atoms with E-state index in [1.807, 2.05) is 36.4 Å². The third kappa shape index (κ3) is 5.51. The van der Waals surface area contributed by atoms with Gasteiger partial charge in [-0.3, -0.25) is 0 Å². The predicted octanol–water partition coefficient (Wildman–Crippen LogP) is 13.4. The summed E-state index contributed by atoms with van der Waals surface area (Å²) in [5.74, 6) is 1.88. The van der Waals surface area contributed by atoms with E-state index in [0.29, 0.717) is 17.5 Å². The first-order valence-corrected chi connectivity index (χ1v) is 19.7. The van der Waals surface area contributed by atoms with Crippen molar-refractivity contribution in [2.75, 3.05) is 0 Å². The molecule has 5 nitrogen and oxygen atoms in total. The number of hydrogen-bond acceptors (Lipinski definition) is 3. The molecule has 8 aromatic carbocycles. The molecule has 0 amide bonds. The molecule has 0 spiro atoms. The van der Waals surface area contributed by atoms with Crippen LogP contribution in [-0.2, 0) is 0 Å². The third-order valence-corrected chi connectivity index (χ3v) is 11.3. The first-order chi connectivity index (χ1) is 28.6. The van der Waals surface area contributed by atoms with Gasteiger partial charge >= 0.3 is 0 Å². The second kappa shape index (κ2) is 13.5. The normalized spacial score (nSPS) is 11.6. The SMILES string of the molecule is Cc1ccc2c(c1)c1ccccc1n2-c1ccccc1-c1ccc(-c2nc(-c3ccccc3)nc(-c3ccccc3)n2)cc1-n1c2ccccc2c2cc(C)ccc21. The fourth-order valence-corrected chi connectivity index (χ4v) is 8.61. The highest BCUT2D eigenvalue weighted by atomic mass is 15.0. The molecule has 0 saturated heterocycles. The van der Waals surface area contributed by atoms with Crippen molar-refractivity contribution in [3.05, 3.63) is 199 Å². The molecule has 0 saturated carbocycles. The van der Waals surface area contributed by atoms with E-state index in [2.05, 4.69) is 175 Å². The molecule has 0 radical (unpaired) electrons. The average molecular weight is 744 g/mol. The first kappa shape index (κ1) is 33.7. The molecule has 0 aliphatic heterocycles. The van der Waals surface area contributed by atoms with Crippen LogP contribution in [0.5, 0.6) is 0 Å². The van der Waals surface area contributed by atoms with E-state index in [1.165, 1.54) is 43.7 Å². The summed E-state index contributed by atoms with van der Waals surface area (Å²) >= 11 is 0. The highest BCUT2D eigenvalue weighted by Gasteiger charge is 2.22. The zero-order chi connectivity index (χ0) is 38.7. The molecule has 0 unspecified atom stereocenters. The number of aryl methyl sites for hydroxylation is 2. The molecule has 274 valence electrons. The fourth-order valence-electron chi connectivity index (χ4n) is 8.61. The van der Waals surface area contributed by atoms with E-state index in [0.717, 1.165) is 50.2 Å². The molecular weight excluding hydrogens is 707 g/mol. The minimum absolute atomic E-state index is 0.614. The van der Waals surface area contributed by atoms with E-state index in [4.69, 9.17) is 15.0 Å². The number of rotatable bonds is 6. The van der Waals surface area contributed by atoms with E-state index < -0.39 is 0 Å². The van der Waals surface area contributed by atoms with Crippen molar-refractivity contribution in [2.45, 2.75) is 13.8 Å². The van der Waals surface area contributed by atoms with Gasteiger partial charge in [0.2, 0.25) is 0 Å². The van der Waals surface area contributed by atoms with Crippen LogP contribution in [0.4, 0.5) is 0 Å². The van der Waals surface area contributed by atoms with Crippen LogP contribution in [0.2, 0.25) is 0 Å². The van der Waals surface area contributed by atoms with Crippen LogP contribution in [0, 0.1) is 13.8 Å². The largest absolute Gasteiger partial charge is 0.309 e. The van der Waals surface area contributed by atoms with Crippen LogP contribution in [0.25, 0.3) is 100 Å². The molecule has 0 atom stereocenters. The van der Waals surface area contributed by atoms with Gasteiger partial charge in [-0.1, -0.05) is 151 Å². The van der Waals surface area contributed by atoms with Gasteiger partial charge in [0.25, 0.3) is 0 Å². The summed E-state index contributed by atoms with van der Waals surface area (Å²) in [6.07, 6.45) is 0. The molecule has 11 aromatic rings. The van der Waals surface area contributed by atoms with Gasteiger partial charge in [0.05, 0.1) is 33.4 Å². The highest BCUT2D eigenvalue weighted by molar-refractivity contribution is 6.11. The van der Waals surface area contributed by atoms with Crippen LogP contribution in [0.15, 0.2) is 188 Å². The van der Waals surface area contributed by atoms with Crippen LogP contribution in [-0.4, -0.2) is 24.1 Å². The number of nitrogens with zero attached hydrogens (tertiary/aromatic N) is 5. The lowest BCUT2D eigenvalue weighted by molar-refractivity contribution is 1.07. The Hall–Kier alpha value is -7.63. The van der Waals surface area contributed by atoms with Crippen molar-refractivity contribution in [2.24, 2.45) is 0 Å². The monoisotopic (exact) mass is 743 g/mol. The molecule has 58 heavy (non-hydrogen) atoms. The van der Waals surface area contributed by atoms with Crippen molar-refractivity contribution in [3.8, 4) is 56.7 Å². The molecule has 0 aliphatic carbocycles. The Kier molecular flexibility index (Phi) is 7.86. The number of para-hydroxylation sites is 3. The molecule has 0 bridgehead atoms. The van der Waals surface area contributed by atoms with Crippen molar-refractivity contribution in [1.29, 1.82) is 0 Å². The van der Waals surface area contributed by atoms with Crippen LogP contribution < -0.4 is 0 Å². The summed E-state index contributed by atoms with van der Waals surface area (Å²) in [5.41, 5.74) is 14.2. The Bertz CT molecular complexity index is 3300. The van der Waals surface area contributed by atoms with Gasteiger partial charge in [-0.05, 0) is 62.4 Å². The minimum atomic E-state index is 0.614. The topological polar surface area (TPSA) is 48.5 Å². The van der Waals surface area contributed by atoms with Crippen molar-refractivity contribution < 1.29 is 0 Å². The van der Waals surface area contributed by atoms with E-state index >= 15 is 0 Å². The maximum absolute atomic E-state index is 5.16. The molecule has 0 N–H and O–H groups in total. The van der Waals surface area contributed by atoms with E-state index in [1.54, 1.807) is 0 Å².